The zero-order valence-electron chi connectivity index (χ0n) is 4.42. The standard InChI is InChI=1S/C5H6O2Se/c1-7-4-2-5(6)8-3-4/h2-3,6H,1H3. The van der Waals surface area contributed by atoms with Crippen molar-refractivity contribution >= 4 is 14.5 Å². The van der Waals surface area contributed by atoms with Gasteiger partial charge in [0.25, 0.3) is 0 Å². The molecule has 0 unspecified atom stereocenters. The number of hydrogen-bond acceptors (Lipinski definition) is 2. The average Bonchev–Trinajstić information content (AvgIpc) is 2.14. The molecule has 0 bridgehead atoms. The summed E-state index contributed by atoms with van der Waals surface area (Å²) in [5, 5.41) is 8.79. The summed E-state index contributed by atoms with van der Waals surface area (Å²) in [5.41, 5.74) is 0. The second-order valence-corrected chi connectivity index (χ2v) is 3.19. The van der Waals surface area contributed by atoms with E-state index in [-0.39, 0.29) is 14.5 Å². The Balaban J connectivity index is 2.84. The van der Waals surface area contributed by atoms with E-state index < -0.39 is 0 Å². The Labute approximate surface area is 53.5 Å². The fraction of sp³-hybridized carbons (Fsp3) is 0.200. The van der Waals surface area contributed by atoms with Gasteiger partial charge >= 0.3 is 52.8 Å². The molecule has 0 saturated carbocycles. The molecule has 44 valence electrons. The van der Waals surface area contributed by atoms with Gasteiger partial charge in [0.1, 0.15) is 0 Å². The molecule has 3 heteroatoms. The molecule has 1 aromatic heterocycles. The summed E-state index contributed by atoms with van der Waals surface area (Å²) in [6, 6.07) is 1.64. The SMILES string of the molecule is COc1c[se]c(O)c1. The number of hydrogen-bond donors (Lipinski definition) is 1. The predicted molar refractivity (Wildman–Crippen MR) is 31.6 cm³/mol. The van der Waals surface area contributed by atoms with Crippen LogP contribution in [0.15, 0.2) is 11.0 Å². The third kappa shape index (κ3) is 1.05. The van der Waals surface area contributed by atoms with Gasteiger partial charge in [-0.1, -0.05) is 0 Å². The van der Waals surface area contributed by atoms with Crippen molar-refractivity contribution in [3.8, 4) is 10.4 Å². The predicted octanol–water partition coefficient (Wildman–Crippen LogP) is 0.458. The molecule has 0 aliphatic heterocycles. The molecule has 0 amide bonds. The van der Waals surface area contributed by atoms with E-state index in [4.69, 9.17) is 9.84 Å². The first-order valence-corrected chi connectivity index (χ1v) is 3.99. The van der Waals surface area contributed by atoms with Crippen molar-refractivity contribution in [3.05, 3.63) is 11.0 Å². The minimum atomic E-state index is 0.130. The summed E-state index contributed by atoms with van der Waals surface area (Å²) < 4.78 is 5.26. The fourth-order valence-corrected chi connectivity index (χ4v) is 1.64. The Bertz CT molecular complexity index is 171. The molecule has 1 N–H and O–H groups in total. The van der Waals surface area contributed by atoms with Gasteiger partial charge in [-0.3, -0.25) is 0 Å². The molecule has 0 saturated heterocycles. The van der Waals surface area contributed by atoms with Gasteiger partial charge in [-0.25, -0.2) is 0 Å². The normalized spacial score (nSPS) is 9.12. The first kappa shape index (κ1) is 5.73. The molecule has 0 atom stereocenters. The summed E-state index contributed by atoms with van der Waals surface area (Å²) >= 11 is 0.130. The van der Waals surface area contributed by atoms with Crippen LogP contribution in [0.3, 0.4) is 0 Å². The van der Waals surface area contributed by atoms with Crippen molar-refractivity contribution in [1.82, 2.24) is 0 Å². The van der Waals surface area contributed by atoms with Crippen LogP contribution in [0.2, 0.25) is 0 Å². The van der Waals surface area contributed by atoms with Gasteiger partial charge in [0, 0.05) is 0 Å². The van der Waals surface area contributed by atoms with E-state index in [0.29, 0.717) is 4.62 Å². The zero-order chi connectivity index (χ0) is 5.98. The minimum absolute atomic E-state index is 0.130. The van der Waals surface area contributed by atoms with Gasteiger partial charge in [0.05, 0.1) is 0 Å². The molecule has 0 fully saturated rings. The van der Waals surface area contributed by atoms with Crippen LogP contribution in [0.1, 0.15) is 0 Å². The second kappa shape index (κ2) is 2.25. The van der Waals surface area contributed by atoms with Gasteiger partial charge in [0.15, 0.2) is 0 Å². The molecule has 0 aliphatic carbocycles. The van der Waals surface area contributed by atoms with Crippen molar-refractivity contribution in [2.24, 2.45) is 0 Å². The van der Waals surface area contributed by atoms with E-state index in [1.54, 1.807) is 13.2 Å². The molecule has 0 aliphatic rings. The topological polar surface area (TPSA) is 29.5 Å². The molecule has 8 heavy (non-hydrogen) atoms. The van der Waals surface area contributed by atoms with Crippen LogP contribution in [-0.4, -0.2) is 26.7 Å². The molecule has 0 radical (unpaired) electrons. The van der Waals surface area contributed by atoms with Crippen LogP contribution in [0, 0.1) is 0 Å². The van der Waals surface area contributed by atoms with Crippen molar-refractivity contribution in [1.29, 1.82) is 0 Å². The maximum atomic E-state index is 8.79. The van der Waals surface area contributed by atoms with Crippen LogP contribution in [-0.2, 0) is 0 Å². The van der Waals surface area contributed by atoms with E-state index >= 15 is 0 Å². The van der Waals surface area contributed by atoms with Gasteiger partial charge in [-0.05, 0) is 0 Å². The third-order valence-corrected chi connectivity index (χ3v) is 2.29. The van der Waals surface area contributed by atoms with Crippen molar-refractivity contribution in [2.75, 3.05) is 7.11 Å². The quantitative estimate of drug-likeness (QED) is 0.631. The van der Waals surface area contributed by atoms with Gasteiger partial charge < -0.3 is 0 Å². The van der Waals surface area contributed by atoms with E-state index in [1.165, 1.54) is 0 Å². The monoisotopic (exact) mass is 178 g/mol. The Morgan fingerprint density at radius 3 is 2.75 bits per heavy atom. The van der Waals surface area contributed by atoms with E-state index in [1.807, 2.05) is 4.94 Å². The first-order chi connectivity index (χ1) is 3.83. The van der Waals surface area contributed by atoms with Gasteiger partial charge in [-0.2, -0.15) is 0 Å². The van der Waals surface area contributed by atoms with E-state index in [0.717, 1.165) is 5.75 Å². The Hall–Kier alpha value is -0.401. The van der Waals surface area contributed by atoms with Crippen molar-refractivity contribution in [3.63, 3.8) is 0 Å². The van der Waals surface area contributed by atoms with Gasteiger partial charge in [0.2, 0.25) is 0 Å². The first-order valence-electron chi connectivity index (χ1n) is 2.14. The van der Waals surface area contributed by atoms with Crippen LogP contribution in [0.4, 0.5) is 0 Å². The number of ether oxygens (including phenoxy) is 1. The molecule has 0 spiro atoms. The number of rotatable bonds is 1. The molecule has 2 nitrogen and oxygen atoms in total. The van der Waals surface area contributed by atoms with Crippen LogP contribution < -0.4 is 4.74 Å². The third-order valence-electron chi connectivity index (χ3n) is 0.797. The Morgan fingerprint density at radius 1 is 1.75 bits per heavy atom. The second-order valence-electron chi connectivity index (χ2n) is 1.32. The Kier molecular flexibility index (Phi) is 1.61. The number of methoxy groups -OCH3 is 1. The summed E-state index contributed by atoms with van der Waals surface area (Å²) in [6.45, 7) is 0. The van der Waals surface area contributed by atoms with E-state index in [9.17, 15) is 0 Å². The van der Waals surface area contributed by atoms with Crippen LogP contribution in [0.25, 0.3) is 0 Å². The van der Waals surface area contributed by atoms with Crippen LogP contribution >= 0.6 is 0 Å². The summed E-state index contributed by atoms with van der Waals surface area (Å²) in [6.07, 6.45) is 0. The Morgan fingerprint density at radius 2 is 2.50 bits per heavy atom. The maximum absolute atomic E-state index is 8.79. The molecular formula is C5H6O2Se. The molecule has 1 rings (SSSR count). The molecular weight excluding hydrogens is 171 g/mol. The molecule has 0 aromatic carbocycles. The van der Waals surface area contributed by atoms with E-state index in [2.05, 4.69) is 0 Å². The van der Waals surface area contributed by atoms with Gasteiger partial charge in [-0.15, -0.1) is 0 Å². The number of aromatic hydroxyl groups is 1. The van der Waals surface area contributed by atoms with Crippen molar-refractivity contribution < 1.29 is 9.84 Å². The molecule has 1 heterocycles. The summed E-state index contributed by atoms with van der Waals surface area (Å²) in [4.78, 5) is 1.89. The average molecular weight is 177 g/mol. The molecule has 1 aromatic rings. The summed E-state index contributed by atoms with van der Waals surface area (Å²) in [7, 11) is 1.59. The van der Waals surface area contributed by atoms with Crippen LogP contribution in [0.5, 0.6) is 10.4 Å². The summed E-state index contributed by atoms with van der Waals surface area (Å²) in [5.74, 6) is 0.780. The van der Waals surface area contributed by atoms with Crippen molar-refractivity contribution in [2.45, 2.75) is 0 Å². The fourth-order valence-electron chi connectivity index (χ4n) is 0.415. The zero-order valence-corrected chi connectivity index (χ0v) is 6.13.